The molecular weight excluding hydrogens is 232 g/mol. The van der Waals surface area contributed by atoms with Crippen molar-refractivity contribution in [3.8, 4) is 0 Å². The van der Waals surface area contributed by atoms with E-state index < -0.39 is 0 Å². The van der Waals surface area contributed by atoms with E-state index in [9.17, 15) is 0 Å². The molecule has 2 heteroatoms. The Kier molecular flexibility index (Phi) is 3.23. The Morgan fingerprint density at radius 1 is 0.895 bits per heavy atom. The van der Waals surface area contributed by atoms with Crippen molar-refractivity contribution in [2.24, 2.45) is 0 Å². The molecule has 0 saturated carbocycles. The van der Waals surface area contributed by atoms with Crippen LogP contribution >= 0.6 is 0 Å². The summed E-state index contributed by atoms with van der Waals surface area (Å²) in [6.07, 6.45) is 10.5. The zero-order valence-electron chi connectivity index (χ0n) is 11.0. The molecule has 2 aromatic heterocycles. The van der Waals surface area contributed by atoms with Gasteiger partial charge in [-0.2, -0.15) is 0 Å². The quantitative estimate of drug-likeness (QED) is 0.801. The van der Waals surface area contributed by atoms with Gasteiger partial charge in [-0.1, -0.05) is 24.3 Å². The Morgan fingerprint density at radius 3 is 2.42 bits per heavy atom. The summed E-state index contributed by atoms with van der Waals surface area (Å²) in [7, 11) is 0. The molecule has 0 aliphatic heterocycles. The summed E-state index contributed by atoms with van der Waals surface area (Å²) >= 11 is 0. The first kappa shape index (κ1) is 11.8. The average Bonchev–Trinajstić information content (AvgIpc) is 2.49. The van der Waals surface area contributed by atoms with Crippen molar-refractivity contribution in [1.29, 1.82) is 0 Å². The molecular formula is C17H16N2. The molecule has 0 bridgehead atoms. The van der Waals surface area contributed by atoms with Crippen LogP contribution in [0.4, 0.5) is 0 Å². The number of rotatable bonds is 2. The highest BCUT2D eigenvalue weighted by Crippen LogP contribution is 2.33. The Hall–Kier alpha value is -2.22. The second kappa shape index (κ2) is 5.19. The third kappa shape index (κ3) is 2.48. The van der Waals surface area contributed by atoms with E-state index in [0.29, 0.717) is 0 Å². The van der Waals surface area contributed by atoms with Gasteiger partial charge in [0.2, 0.25) is 0 Å². The van der Waals surface area contributed by atoms with Crippen LogP contribution in [0.2, 0.25) is 0 Å². The fourth-order valence-electron chi connectivity index (χ4n) is 2.34. The van der Waals surface area contributed by atoms with E-state index in [1.54, 1.807) is 0 Å². The van der Waals surface area contributed by atoms with Crippen LogP contribution in [0.1, 0.15) is 29.8 Å². The average molecular weight is 248 g/mol. The van der Waals surface area contributed by atoms with Gasteiger partial charge in [-0.25, -0.2) is 0 Å². The van der Waals surface area contributed by atoms with Crippen molar-refractivity contribution in [2.45, 2.75) is 19.8 Å². The van der Waals surface area contributed by atoms with Gasteiger partial charge in [0.05, 0.1) is 5.69 Å². The summed E-state index contributed by atoms with van der Waals surface area (Å²) in [6, 6.07) is 10.2. The van der Waals surface area contributed by atoms with Crippen LogP contribution in [0, 0.1) is 6.92 Å². The van der Waals surface area contributed by atoms with E-state index in [1.165, 1.54) is 16.7 Å². The monoisotopic (exact) mass is 248 g/mol. The fourth-order valence-corrected chi connectivity index (χ4v) is 2.34. The maximum absolute atomic E-state index is 4.47. The van der Waals surface area contributed by atoms with Crippen molar-refractivity contribution in [3.63, 3.8) is 0 Å². The lowest BCUT2D eigenvalue weighted by Crippen LogP contribution is -1.98. The second-order valence-electron chi connectivity index (χ2n) is 4.72. The fraction of sp³-hybridized carbons (Fsp3) is 0.176. The van der Waals surface area contributed by atoms with Gasteiger partial charge in [-0.3, -0.25) is 9.97 Å². The normalized spacial score (nSPS) is 14.8. The van der Waals surface area contributed by atoms with E-state index >= 15 is 0 Å². The number of aromatic nitrogens is 2. The molecule has 0 radical (unpaired) electrons. The highest BCUT2D eigenvalue weighted by Gasteiger charge is 2.14. The number of pyridine rings is 2. The van der Waals surface area contributed by atoms with Gasteiger partial charge in [-0.05, 0) is 43.5 Å². The minimum atomic E-state index is 1.04. The molecule has 2 aromatic rings. The van der Waals surface area contributed by atoms with E-state index in [4.69, 9.17) is 0 Å². The number of hydrogen-bond acceptors (Lipinski definition) is 2. The molecule has 2 heterocycles. The van der Waals surface area contributed by atoms with Crippen LogP contribution in [-0.2, 0) is 0 Å². The van der Waals surface area contributed by atoms with Crippen molar-refractivity contribution < 1.29 is 0 Å². The van der Waals surface area contributed by atoms with Crippen molar-refractivity contribution in [1.82, 2.24) is 9.97 Å². The predicted molar refractivity (Wildman–Crippen MR) is 78.4 cm³/mol. The van der Waals surface area contributed by atoms with Crippen molar-refractivity contribution in [2.75, 3.05) is 0 Å². The van der Waals surface area contributed by atoms with Gasteiger partial charge in [0.1, 0.15) is 0 Å². The van der Waals surface area contributed by atoms with Crippen LogP contribution in [0.5, 0.6) is 0 Å². The van der Waals surface area contributed by atoms with Gasteiger partial charge >= 0.3 is 0 Å². The molecule has 0 amide bonds. The van der Waals surface area contributed by atoms with Gasteiger partial charge in [-0.15, -0.1) is 0 Å². The molecule has 0 N–H and O–H groups in total. The van der Waals surface area contributed by atoms with Crippen LogP contribution in [0.25, 0.3) is 11.1 Å². The van der Waals surface area contributed by atoms with Crippen LogP contribution in [0.15, 0.2) is 54.9 Å². The lowest BCUT2D eigenvalue weighted by molar-refractivity contribution is 1.04. The van der Waals surface area contributed by atoms with E-state index in [1.807, 2.05) is 31.5 Å². The molecule has 2 nitrogen and oxygen atoms in total. The van der Waals surface area contributed by atoms with Crippen molar-refractivity contribution >= 4 is 11.1 Å². The Morgan fingerprint density at radius 2 is 1.74 bits per heavy atom. The first-order chi connectivity index (χ1) is 9.34. The van der Waals surface area contributed by atoms with Gasteiger partial charge in [0, 0.05) is 29.2 Å². The smallest absolute Gasteiger partial charge is 0.0704 e. The second-order valence-corrected chi connectivity index (χ2v) is 4.72. The van der Waals surface area contributed by atoms with Crippen LogP contribution in [-0.4, -0.2) is 9.97 Å². The molecule has 0 atom stereocenters. The molecule has 3 rings (SSSR count). The van der Waals surface area contributed by atoms with Crippen LogP contribution in [0.3, 0.4) is 0 Å². The first-order valence-electron chi connectivity index (χ1n) is 6.60. The molecule has 0 aromatic carbocycles. The predicted octanol–water partition coefficient (Wildman–Crippen LogP) is 4.05. The Balaban J connectivity index is 2.02. The van der Waals surface area contributed by atoms with Gasteiger partial charge in [0.25, 0.3) is 0 Å². The standard InChI is InChI=1S/C17H16N2/c1-13-9-10-14(12-19-13)15-6-2-3-7-16(15)17-8-4-5-11-18-17/h4-12H,2-3H2,1H3. The van der Waals surface area contributed by atoms with Gasteiger partial charge in [0.15, 0.2) is 0 Å². The molecule has 1 aliphatic rings. The van der Waals surface area contributed by atoms with E-state index in [-0.39, 0.29) is 0 Å². The highest BCUT2D eigenvalue weighted by atomic mass is 14.7. The molecule has 1 aliphatic carbocycles. The number of hydrogen-bond donors (Lipinski definition) is 0. The lowest BCUT2D eigenvalue weighted by Gasteiger charge is -2.16. The molecule has 94 valence electrons. The van der Waals surface area contributed by atoms with Crippen molar-refractivity contribution in [3.05, 3.63) is 71.8 Å². The maximum atomic E-state index is 4.47. The third-order valence-electron chi connectivity index (χ3n) is 3.32. The van der Waals surface area contributed by atoms with E-state index in [2.05, 4.69) is 40.3 Å². The molecule has 0 fully saturated rings. The first-order valence-corrected chi connectivity index (χ1v) is 6.60. The molecule has 0 unspecified atom stereocenters. The minimum Gasteiger partial charge on any atom is -0.261 e. The van der Waals surface area contributed by atoms with E-state index in [0.717, 1.165) is 24.2 Å². The minimum absolute atomic E-state index is 1.04. The number of aryl methyl sites for hydroxylation is 1. The summed E-state index contributed by atoms with van der Waals surface area (Å²) in [5, 5.41) is 0. The molecule has 0 saturated heterocycles. The summed E-state index contributed by atoms with van der Waals surface area (Å²) in [6.45, 7) is 2.01. The summed E-state index contributed by atoms with van der Waals surface area (Å²) in [5.74, 6) is 0. The summed E-state index contributed by atoms with van der Waals surface area (Å²) in [4.78, 5) is 8.86. The van der Waals surface area contributed by atoms with Gasteiger partial charge < -0.3 is 0 Å². The maximum Gasteiger partial charge on any atom is 0.0704 e. The highest BCUT2D eigenvalue weighted by molar-refractivity contribution is 6.04. The number of nitrogens with zero attached hydrogens (tertiary/aromatic N) is 2. The Bertz CT molecular complexity index is 622. The zero-order valence-corrected chi connectivity index (χ0v) is 11.0. The number of allylic oxidation sites excluding steroid dienone is 4. The largest absolute Gasteiger partial charge is 0.261 e. The Labute approximate surface area is 113 Å². The van der Waals surface area contributed by atoms with Crippen LogP contribution < -0.4 is 0 Å². The topological polar surface area (TPSA) is 25.8 Å². The summed E-state index contributed by atoms with van der Waals surface area (Å²) in [5.41, 5.74) is 5.72. The zero-order chi connectivity index (χ0) is 13.1. The third-order valence-corrected chi connectivity index (χ3v) is 3.32. The lowest BCUT2D eigenvalue weighted by atomic mass is 9.90. The summed E-state index contributed by atoms with van der Waals surface area (Å²) < 4.78 is 0. The SMILES string of the molecule is Cc1ccc(C2=CCCC=C2c2ccccn2)cn1. The molecule has 0 spiro atoms. The molecule has 19 heavy (non-hydrogen) atoms.